The molecule has 0 saturated carbocycles. The van der Waals surface area contributed by atoms with Crippen molar-refractivity contribution in [2.45, 2.75) is 6.54 Å². The molecule has 2 aromatic heterocycles. The second-order valence-corrected chi connectivity index (χ2v) is 5.61. The van der Waals surface area contributed by atoms with Crippen molar-refractivity contribution >= 4 is 21.8 Å². The molecule has 3 aromatic rings. The van der Waals surface area contributed by atoms with E-state index in [2.05, 4.69) is 31.3 Å². The molecular formula is C16H13BrN4O. The van der Waals surface area contributed by atoms with Gasteiger partial charge in [0.05, 0.1) is 17.4 Å². The third kappa shape index (κ3) is 3.40. The summed E-state index contributed by atoms with van der Waals surface area (Å²) in [4.78, 5) is 16.1. The maximum atomic E-state index is 12.1. The van der Waals surface area contributed by atoms with Gasteiger partial charge in [-0.2, -0.15) is 5.10 Å². The lowest BCUT2D eigenvalue weighted by molar-refractivity contribution is 0.0951. The zero-order valence-corrected chi connectivity index (χ0v) is 13.2. The summed E-state index contributed by atoms with van der Waals surface area (Å²) in [5, 5.41) is 7.07. The van der Waals surface area contributed by atoms with E-state index < -0.39 is 0 Å². The molecule has 22 heavy (non-hydrogen) atoms. The molecule has 6 heteroatoms. The summed E-state index contributed by atoms with van der Waals surface area (Å²) in [5.41, 5.74) is 2.37. The van der Waals surface area contributed by atoms with E-state index in [0.717, 1.165) is 15.7 Å². The van der Waals surface area contributed by atoms with Gasteiger partial charge < -0.3 is 5.32 Å². The Labute approximate surface area is 136 Å². The first-order chi connectivity index (χ1) is 10.7. The first kappa shape index (κ1) is 14.5. The van der Waals surface area contributed by atoms with E-state index in [0.29, 0.717) is 12.1 Å². The predicted molar refractivity (Wildman–Crippen MR) is 86.7 cm³/mol. The monoisotopic (exact) mass is 356 g/mol. The summed E-state index contributed by atoms with van der Waals surface area (Å²) < 4.78 is 2.67. The van der Waals surface area contributed by atoms with Crippen LogP contribution in [-0.2, 0) is 6.54 Å². The van der Waals surface area contributed by atoms with Crippen molar-refractivity contribution in [2.24, 2.45) is 0 Å². The Morgan fingerprint density at radius 2 is 2.00 bits per heavy atom. The summed E-state index contributed by atoms with van der Waals surface area (Å²) in [6.45, 7) is 0.441. The van der Waals surface area contributed by atoms with Crippen molar-refractivity contribution in [3.8, 4) is 5.69 Å². The molecule has 0 saturated heterocycles. The van der Waals surface area contributed by atoms with Crippen LogP contribution in [0.2, 0.25) is 0 Å². The van der Waals surface area contributed by atoms with Crippen molar-refractivity contribution in [1.29, 1.82) is 0 Å². The van der Waals surface area contributed by atoms with Crippen LogP contribution in [0.3, 0.4) is 0 Å². The van der Waals surface area contributed by atoms with Gasteiger partial charge in [-0.15, -0.1) is 0 Å². The van der Waals surface area contributed by atoms with Gasteiger partial charge in [-0.25, -0.2) is 4.68 Å². The first-order valence-corrected chi connectivity index (χ1v) is 7.49. The van der Waals surface area contributed by atoms with Gasteiger partial charge in [0.15, 0.2) is 0 Å². The molecule has 0 fully saturated rings. The number of nitrogens with one attached hydrogen (secondary N) is 1. The van der Waals surface area contributed by atoms with E-state index in [1.54, 1.807) is 29.5 Å². The van der Waals surface area contributed by atoms with E-state index in [9.17, 15) is 4.79 Å². The highest BCUT2D eigenvalue weighted by Crippen LogP contribution is 2.14. The summed E-state index contributed by atoms with van der Waals surface area (Å²) >= 11 is 3.39. The number of nitrogens with zero attached hydrogens (tertiary/aromatic N) is 3. The molecule has 0 aliphatic carbocycles. The highest BCUT2D eigenvalue weighted by Gasteiger charge is 2.09. The van der Waals surface area contributed by atoms with E-state index in [1.807, 2.05) is 36.4 Å². The molecule has 0 spiro atoms. The smallest absolute Gasteiger partial charge is 0.254 e. The molecule has 0 unspecified atom stereocenters. The molecule has 1 aromatic carbocycles. The number of pyridine rings is 1. The summed E-state index contributed by atoms with van der Waals surface area (Å²) in [6.07, 6.45) is 6.70. The summed E-state index contributed by atoms with van der Waals surface area (Å²) in [7, 11) is 0. The van der Waals surface area contributed by atoms with E-state index in [-0.39, 0.29) is 5.91 Å². The van der Waals surface area contributed by atoms with Crippen LogP contribution >= 0.6 is 15.9 Å². The van der Waals surface area contributed by atoms with Gasteiger partial charge in [-0.1, -0.05) is 22.0 Å². The Morgan fingerprint density at radius 1 is 1.18 bits per heavy atom. The van der Waals surface area contributed by atoms with Gasteiger partial charge in [0, 0.05) is 29.6 Å². The van der Waals surface area contributed by atoms with Crippen molar-refractivity contribution in [3.63, 3.8) is 0 Å². The SMILES string of the molecule is O=C(NCc1cccnc1)c1cnn(-c2ccc(Br)cc2)c1. The molecule has 0 bridgehead atoms. The number of carbonyl (C=O) groups excluding carboxylic acids is 1. The number of rotatable bonds is 4. The second-order valence-electron chi connectivity index (χ2n) is 4.69. The Balaban J connectivity index is 1.68. The molecule has 110 valence electrons. The molecule has 2 heterocycles. The molecule has 0 atom stereocenters. The number of hydrogen-bond donors (Lipinski definition) is 1. The molecule has 0 aliphatic heterocycles. The third-order valence-corrected chi connectivity index (χ3v) is 3.64. The molecule has 0 aliphatic rings. The summed E-state index contributed by atoms with van der Waals surface area (Å²) in [5.74, 6) is -0.160. The normalized spacial score (nSPS) is 10.4. The molecule has 0 radical (unpaired) electrons. The number of benzene rings is 1. The van der Waals surface area contributed by atoms with Gasteiger partial charge >= 0.3 is 0 Å². The first-order valence-electron chi connectivity index (χ1n) is 6.70. The van der Waals surface area contributed by atoms with Crippen LogP contribution in [0.5, 0.6) is 0 Å². The van der Waals surface area contributed by atoms with Crippen LogP contribution in [0.15, 0.2) is 65.7 Å². The van der Waals surface area contributed by atoms with Crippen LogP contribution in [0, 0.1) is 0 Å². The zero-order valence-electron chi connectivity index (χ0n) is 11.6. The van der Waals surface area contributed by atoms with Crippen LogP contribution in [0.1, 0.15) is 15.9 Å². The number of carbonyl (C=O) groups is 1. The minimum Gasteiger partial charge on any atom is -0.348 e. The van der Waals surface area contributed by atoms with Gasteiger partial charge in [0.2, 0.25) is 0 Å². The van der Waals surface area contributed by atoms with Crippen molar-refractivity contribution < 1.29 is 4.79 Å². The van der Waals surface area contributed by atoms with Crippen molar-refractivity contribution in [2.75, 3.05) is 0 Å². The minimum absolute atomic E-state index is 0.160. The van der Waals surface area contributed by atoms with E-state index in [1.165, 1.54) is 0 Å². The third-order valence-electron chi connectivity index (χ3n) is 3.11. The molecule has 3 rings (SSSR count). The van der Waals surface area contributed by atoms with Crippen molar-refractivity contribution in [3.05, 3.63) is 76.8 Å². The highest BCUT2D eigenvalue weighted by molar-refractivity contribution is 9.10. The molecular weight excluding hydrogens is 344 g/mol. The largest absolute Gasteiger partial charge is 0.348 e. The quantitative estimate of drug-likeness (QED) is 0.781. The second kappa shape index (κ2) is 6.53. The lowest BCUT2D eigenvalue weighted by Crippen LogP contribution is -2.22. The topological polar surface area (TPSA) is 59.8 Å². The number of amides is 1. The predicted octanol–water partition coefficient (Wildman–Crippen LogP) is 2.96. The summed E-state index contributed by atoms with van der Waals surface area (Å²) in [6, 6.07) is 11.5. The molecule has 5 nitrogen and oxygen atoms in total. The van der Waals surface area contributed by atoms with Crippen LogP contribution in [0.25, 0.3) is 5.69 Å². The standard InChI is InChI=1S/C16H13BrN4O/c17-14-3-5-15(6-4-14)21-11-13(10-20-21)16(22)19-9-12-2-1-7-18-8-12/h1-8,10-11H,9H2,(H,19,22). The minimum atomic E-state index is -0.160. The van der Waals surface area contributed by atoms with E-state index in [4.69, 9.17) is 0 Å². The van der Waals surface area contributed by atoms with Crippen molar-refractivity contribution in [1.82, 2.24) is 20.1 Å². The highest BCUT2D eigenvalue weighted by atomic mass is 79.9. The van der Waals surface area contributed by atoms with E-state index >= 15 is 0 Å². The number of aromatic nitrogens is 3. The Bertz CT molecular complexity index is 768. The fraction of sp³-hybridized carbons (Fsp3) is 0.0625. The van der Waals surface area contributed by atoms with Gasteiger partial charge in [0.25, 0.3) is 5.91 Å². The molecule has 1 N–H and O–H groups in total. The van der Waals surface area contributed by atoms with Gasteiger partial charge in [-0.3, -0.25) is 9.78 Å². The lowest BCUT2D eigenvalue weighted by atomic mass is 10.2. The Hall–Kier alpha value is -2.47. The average molecular weight is 357 g/mol. The van der Waals surface area contributed by atoms with Gasteiger partial charge in [0.1, 0.15) is 0 Å². The van der Waals surface area contributed by atoms with Crippen LogP contribution in [-0.4, -0.2) is 20.7 Å². The number of halogens is 1. The maximum Gasteiger partial charge on any atom is 0.254 e. The fourth-order valence-electron chi connectivity index (χ4n) is 1.96. The van der Waals surface area contributed by atoms with Crippen LogP contribution < -0.4 is 5.32 Å². The Kier molecular flexibility index (Phi) is 4.29. The van der Waals surface area contributed by atoms with Crippen LogP contribution in [0.4, 0.5) is 0 Å². The maximum absolute atomic E-state index is 12.1. The fourth-order valence-corrected chi connectivity index (χ4v) is 2.23. The Morgan fingerprint density at radius 3 is 2.73 bits per heavy atom. The zero-order chi connectivity index (χ0) is 15.4. The molecule has 1 amide bonds. The average Bonchev–Trinajstić information content (AvgIpc) is 3.04. The lowest BCUT2D eigenvalue weighted by Gasteiger charge is -2.03. The van der Waals surface area contributed by atoms with Gasteiger partial charge in [-0.05, 0) is 35.9 Å². The number of hydrogen-bond acceptors (Lipinski definition) is 3.